The molecule has 2 saturated heterocycles. The highest BCUT2D eigenvalue weighted by atomic mass is 35.5. The van der Waals surface area contributed by atoms with E-state index in [1.54, 1.807) is 41.3 Å². The number of halogens is 1. The second-order valence-electron chi connectivity index (χ2n) is 7.09. The lowest BCUT2D eigenvalue weighted by molar-refractivity contribution is -0.117. The predicted octanol–water partition coefficient (Wildman–Crippen LogP) is 2.87. The van der Waals surface area contributed by atoms with Gasteiger partial charge in [0.05, 0.1) is 26.7 Å². The lowest BCUT2D eigenvalue weighted by atomic mass is 10.2. The number of carbonyl (C=O) groups is 2. The summed E-state index contributed by atoms with van der Waals surface area (Å²) in [6, 6.07) is 9.98. The van der Waals surface area contributed by atoms with Gasteiger partial charge >= 0.3 is 0 Å². The average molecular weight is 454 g/mol. The number of thiophene rings is 1. The number of nitrogens with one attached hydrogen (secondary N) is 1. The lowest BCUT2D eigenvalue weighted by Crippen LogP contribution is -2.38. The molecule has 7 nitrogen and oxygen atoms in total. The Bertz CT molecular complexity index is 1040. The lowest BCUT2D eigenvalue weighted by Gasteiger charge is -2.28. The van der Waals surface area contributed by atoms with E-state index in [2.05, 4.69) is 5.32 Å². The standard InChI is InChI=1S/C19H20ClN3O4S2/c20-17-8-7-16(28-17)19(25)21-13-11-18(24)22(12-13)14-3-5-15(6-4-14)23-9-1-2-10-29(23,26)27/h3-8,13H,1-2,9-12H2,(H,21,25)/t13-/m1/s1. The number of benzene rings is 1. The molecule has 0 aliphatic carbocycles. The molecule has 154 valence electrons. The van der Waals surface area contributed by atoms with E-state index in [1.165, 1.54) is 15.6 Å². The fourth-order valence-electron chi connectivity index (χ4n) is 3.62. The van der Waals surface area contributed by atoms with Crippen molar-refractivity contribution in [3.05, 3.63) is 45.6 Å². The second-order valence-corrected chi connectivity index (χ2v) is 10.8. The van der Waals surface area contributed by atoms with E-state index >= 15 is 0 Å². The van der Waals surface area contributed by atoms with Crippen molar-refractivity contribution in [1.82, 2.24) is 5.32 Å². The summed E-state index contributed by atoms with van der Waals surface area (Å²) >= 11 is 7.06. The summed E-state index contributed by atoms with van der Waals surface area (Å²) in [6.07, 6.45) is 1.74. The number of rotatable bonds is 4. The topological polar surface area (TPSA) is 86.8 Å². The van der Waals surface area contributed by atoms with Gasteiger partial charge in [0.1, 0.15) is 0 Å². The largest absolute Gasteiger partial charge is 0.346 e. The van der Waals surface area contributed by atoms with Crippen LogP contribution < -0.4 is 14.5 Å². The second kappa shape index (κ2) is 7.97. The molecule has 0 bridgehead atoms. The molecule has 29 heavy (non-hydrogen) atoms. The monoisotopic (exact) mass is 453 g/mol. The Labute approximate surface area is 178 Å². The molecular weight excluding hydrogens is 434 g/mol. The predicted molar refractivity (Wildman–Crippen MR) is 114 cm³/mol. The van der Waals surface area contributed by atoms with E-state index < -0.39 is 10.0 Å². The van der Waals surface area contributed by atoms with E-state index in [1.807, 2.05) is 0 Å². The zero-order valence-electron chi connectivity index (χ0n) is 15.5. The molecule has 2 aromatic rings. The van der Waals surface area contributed by atoms with Crippen molar-refractivity contribution in [2.75, 3.05) is 28.0 Å². The number of sulfonamides is 1. The smallest absolute Gasteiger partial charge is 0.261 e. The Morgan fingerprint density at radius 3 is 2.48 bits per heavy atom. The van der Waals surface area contributed by atoms with Crippen molar-refractivity contribution >= 4 is 56.2 Å². The molecule has 2 aliphatic rings. The maximum absolute atomic E-state index is 12.4. The summed E-state index contributed by atoms with van der Waals surface area (Å²) < 4.78 is 26.5. The highest BCUT2D eigenvalue weighted by Gasteiger charge is 2.32. The Balaban J connectivity index is 1.43. The minimum atomic E-state index is -3.27. The minimum Gasteiger partial charge on any atom is -0.346 e. The molecule has 3 heterocycles. The molecule has 0 unspecified atom stereocenters. The van der Waals surface area contributed by atoms with Gasteiger partial charge in [0, 0.05) is 25.2 Å². The molecule has 2 fully saturated rings. The fourth-order valence-corrected chi connectivity index (χ4v) is 6.21. The van der Waals surface area contributed by atoms with Gasteiger partial charge in [0.2, 0.25) is 15.9 Å². The Morgan fingerprint density at radius 2 is 1.83 bits per heavy atom. The van der Waals surface area contributed by atoms with Crippen molar-refractivity contribution in [3.8, 4) is 0 Å². The zero-order valence-corrected chi connectivity index (χ0v) is 17.9. The summed E-state index contributed by atoms with van der Waals surface area (Å²) in [4.78, 5) is 26.9. The quantitative estimate of drug-likeness (QED) is 0.771. The molecule has 0 spiro atoms. The first-order chi connectivity index (χ1) is 13.8. The summed E-state index contributed by atoms with van der Waals surface area (Å²) in [7, 11) is -3.27. The van der Waals surface area contributed by atoms with Crippen LogP contribution in [0.5, 0.6) is 0 Å². The van der Waals surface area contributed by atoms with Crippen molar-refractivity contribution in [2.24, 2.45) is 0 Å². The molecular formula is C19H20ClN3O4S2. The third-order valence-corrected chi connectivity index (χ3v) is 8.16. The summed E-state index contributed by atoms with van der Waals surface area (Å²) in [5.41, 5.74) is 1.29. The molecule has 2 aliphatic heterocycles. The zero-order chi connectivity index (χ0) is 20.6. The number of anilines is 2. The highest BCUT2D eigenvalue weighted by Crippen LogP contribution is 2.28. The van der Waals surface area contributed by atoms with Crippen LogP contribution in [0.15, 0.2) is 36.4 Å². The summed E-state index contributed by atoms with van der Waals surface area (Å²) in [5, 5.41) is 2.88. The van der Waals surface area contributed by atoms with Gasteiger partial charge in [0.15, 0.2) is 0 Å². The Hall–Kier alpha value is -2.10. The van der Waals surface area contributed by atoms with Crippen LogP contribution in [-0.2, 0) is 14.8 Å². The van der Waals surface area contributed by atoms with Gasteiger partial charge in [-0.2, -0.15) is 0 Å². The molecule has 1 aromatic heterocycles. The van der Waals surface area contributed by atoms with Crippen molar-refractivity contribution in [3.63, 3.8) is 0 Å². The van der Waals surface area contributed by atoms with Gasteiger partial charge in [-0.3, -0.25) is 13.9 Å². The normalized spacial score (nSPS) is 21.4. The first-order valence-electron chi connectivity index (χ1n) is 9.30. The first-order valence-corrected chi connectivity index (χ1v) is 12.1. The fraction of sp³-hybridized carbons (Fsp3) is 0.368. The Kier molecular flexibility index (Phi) is 5.54. The van der Waals surface area contributed by atoms with Crippen LogP contribution in [0.2, 0.25) is 4.34 Å². The van der Waals surface area contributed by atoms with Crippen molar-refractivity contribution in [2.45, 2.75) is 25.3 Å². The maximum Gasteiger partial charge on any atom is 0.261 e. The molecule has 10 heteroatoms. The van der Waals surface area contributed by atoms with Crippen LogP contribution in [-0.4, -0.2) is 45.1 Å². The van der Waals surface area contributed by atoms with Crippen LogP contribution >= 0.6 is 22.9 Å². The van der Waals surface area contributed by atoms with Crippen LogP contribution in [0.1, 0.15) is 28.9 Å². The minimum absolute atomic E-state index is 0.0853. The van der Waals surface area contributed by atoms with Crippen LogP contribution in [0.4, 0.5) is 11.4 Å². The third kappa shape index (κ3) is 4.26. The summed E-state index contributed by atoms with van der Waals surface area (Å²) in [6.45, 7) is 0.843. The molecule has 4 rings (SSSR count). The summed E-state index contributed by atoms with van der Waals surface area (Å²) in [5.74, 6) is -0.166. The SMILES string of the molecule is O=C(N[C@@H]1CC(=O)N(c2ccc(N3CCCCS3(=O)=O)cc2)C1)c1ccc(Cl)s1. The third-order valence-electron chi connectivity index (χ3n) is 5.06. The van der Waals surface area contributed by atoms with Gasteiger partial charge in [-0.05, 0) is 49.2 Å². The van der Waals surface area contributed by atoms with Gasteiger partial charge < -0.3 is 10.2 Å². The maximum atomic E-state index is 12.4. The first kappa shape index (κ1) is 20.2. The highest BCUT2D eigenvalue weighted by molar-refractivity contribution is 7.92. The van der Waals surface area contributed by atoms with Gasteiger partial charge in [-0.1, -0.05) is 11.6 Å². The van der Waals surface area contributed by atoms with E-state index in [9.17, 15) is 18.0 Å². The number of amides is 2. The number of nitrogens with zero attached hydrogens (tertiary/aromatic N) is 2. The van der Waals surface area contributed by atoms with E-state index in [-0.39, 0.29) is 30.0 Å². The molecule has 1 aromatic carbocycles. The molecule has 1 N–H and O–H groups in total. The van der Waals surface area contributed by atoms with Crippen molar-refractivity contribution < 1.29 is 18.0 Å². The van der Waals surface area contributed by atoms with Crippen molar-refractivity contribution in [1.29, 1.82) is 0 Å². The van der Waals surface area contributed by atoms with Gasteiger partial charge in [-0.25, -0.2) is 8.42 Å². The van der Waals surface area contributed by atoms with E-state index in [0.29, 0.717) is 40.1 Å². The van der Waals surface area contributed by atoms with Gasteiger partial charge in [-0.15, -0.1) is 11.3 Å². The van der Waals surface area contributed by atoms with Gasteiger partial charge in [0.25, 0.3) is 5.91 Å². The van der Waals surface area contributed by atoms with Crippen LogP contribution in [0.3, 0.4) is 0 Å². The molecule has 1 atom stereocenters. The molecule has 0 saturated carbocycles. The number of carbonyl (C=O) groups excluding carboxylic acids is 2. The van der Waals surface area contributed by atoms with E-state index in [0.717, 1.165) is 6.42 Å². The number of hydrogen-bond donors (Lipinski definition) is 1. The van der Waals surface area contributed by atoms with Crippen LogP contribution in [0, 0.1) is 0 Å². The Morgan fingerprint density at radius 1 is 1.10 bits per heavy atom. The number of hydrogen-bond acceptors (Lipinski definition) is 5. The molecule has 2 amide bonds. The van der Waals surface area contributed by atoms with Crippen LogP contribution in [0.25, 0.3) is 0 Å². The average Bonchev–Trinajstić information content (AvgIpc) is 3.27. The van der Waals surface area contributed by atoms with E-state index in [4.69, 9.17) is 11.6 Å². The molecule has 0 radical (unpaired) electrons.